The van der Waals surface area contributed by atoms with Gasteiger partial charge < -0.3 is 24.1 Å². The zero-order valence-corrected chi connectivity index (χ0v) is 18.0. The topological polar surface area (TPSA) is 108 Å². The number of aliphatic hydroxyl groups excluding tert-OH is 1. The van der Waals surface area contributed by atoms with Crippen molar-refractivity contribution in [3.8, 4) is 0 Å². The molecule has 3 unspecified atom stereocenters. The molecule has 0 radical (unpaired) electrons. The minimum Gasteiger partial charge on any atom is -0.459 e. The molecular formula is C26H22O8. The van der Waals surface area contributed by atoms with Crippen molar-refractivity contribution < 1.29 is 38.4 Å². The van der Waals surface area contributed by atoms with Crippen LogP contribution in [0.1, 0.15) is 31.1 Å². The highest BCUT2D eigenvalue weighted by Crippen LogP contribution is 2.27. The molecule has 3 aromatic rings. The molecular weight excluding hydrogens is 440 g/mol. The van der Waals surface area contributed by atoms with Gasteiger partial charge in [-0.15, -0.1) is 0 Å². The molecule has 8 heteroatoms. The van der Waals surface area contributed by atoms with Gasteiger partial charge in [0, 0.05) is 0 Å². The van der Waals surface area contributed by atoms with Crippen molar-refractivity contribution in [3.63, 3.8) is 0 Å². The zero-order chi connectivity index (χ0) is 23.9. The van der Waals surface area contributed by atoms with Gasteiger partial charge in [-0.25, -0.2) is 14.4 Å². The Labute approximate surface area is 195 Å². The summed E-state index contributed by atoms with van der Waals surface area (Å²) in [6, 6.07) is 24.7. The molecule has 4 rings (SSSR count). The third kappa shape index (κ3) is 5.48. The Bertz CT molecular complexity index is 1120. The first-order valence-corrected chi connectivity index (χ1v) is 10.6. The first kappa shape index (κ1) is 23.2. The van der Waals surface area contributed by atoms with E-state index in [-0.39, 0.29) is 17.7 Å². The van der Waals surface area contributed by atoms with Crippen LogP contribution in [0, 0.1) is 0 Å². The number of aliphatic hydroxyl groups is 1. The van der Waals surface area contributed by atoms with Crippen molar-refractivity contribution in [2.45, 2.75) is 24.6 Å². The molecule has 1 heterocycles. The molecule has 1 aliphatic rings. The Hall–Kier alpha value is -4.01. The van der Waals surface area contributed by atoms with Gasteiger partial charge in [0.1, 0.15) is 12.7 Å². The predicted molar refractivity (Wildman–Crippen MR) is 119 cm³/mol. The average Bonchev–Trinajstić information content (AvgIpc) is 3.17. The Balaban J connectivity index is 1.47. The van der Waals surface area contributed by atoms with Crippen LogP contribution in [0.2, 0.25) is 0 Å². The molecule has 174 valence electrons. The summed E-state index contributed by atoms with van der Waals surface area (Å²) in [6.07, 6.45) is -5.24. The molecule has 1 fully saturated rings. The fourth-order valence-corrected chi connectivity index (χ4v) is 3.41. The quantitative estimate of drug-likeness (QED) is 0.422. The highest BCUT2D eigenvalue weighted by atomic mass is 16.7. The molecule has 34 heavy (non-hydrogen) atoms. The average molecular weight is 462 g/mol. The first-order valence-electron chi connectivity index (χ1n) is 10.6. The van der Waals surface area contributed by atoms with E-state index in [9.17, 15) is 19.5 Å². The molecule has 0 spiro atoms. The molecule has 4 atom stereocenters. The van der Waals surface area contributed by atoms with Crippen LogP contribution in [0.3, 0.4) is 0 Å². The molecule has 3 aromatic carbocycles. The SMILES string of the molecule is O=C(OCC1O[C@H](OC(=O)c2ccccc2)C(O)C1OC(=O)c1ccccc1)c1ccccc1. The van der Waals surface area contributed by atoms with Crippen molar-refractivity contribution in [2.75, 3.05) is 6.61 Å². The summed E-state index contributed by atoms with van der Waals surface area (Å²) in [7, 11) is 0. The number of carbonyl (C=O) groups excluding carboxylic acids is 3. The monoisotopic (exact) mass is 462 g/mol. The fraction of sp³-hybridized carbons (Fsp3) is 0.192. The Kier molecular flexibility index (Phi) is 7.31. The van der Waals surface area contributed by atoms with Crippen LogP contribution >= 0.6 is 0 Å². The summed E-state index contributed by atoms with van der Waals surface area (Å²) in [5.74, 6) is -2.04. The van der Waals surface area contributed by atoms with Crippen LogP contribution in [-0.4, -0.2) is 54.2 Å². The van der Waals surface area contributed by atoms with Crippen LogP contribution in [0.25, 0.3) is 0 Å². The lowest BCUT2D eigenvalue weighted by Crippen LogP contribution is -2.40. The van der Waals surface area contributed by atoms with Crippen molar-refractivity contribution >= 4 is 17.9 Å². The first-order chi connectivity index (χ1) is 16.5. The van der Waals surface area contributed by atoms with Gasteiger partial charge >= 0.3 is 17.9 Å². The van der Waals surface area contributed by atoms with Gasteiger partial charge in [0.05, 0.1) is 16.7 Å². The number of hydrogen-bond acceptors (Lipinski definition) is 8. The van der Waals surface area contributed by atoms with E-state index in [2.05, 4.69) is 0 Å². The van der Waals surface area contributed by atoms with Gasteiger partial charge in [-0.3, -0.25) is 0 Å². The molecule has 1 N–H and O–H groups in total. The van der Waals surface area contributed by atoms with Crippen LogP contribution in [0.5, 0.6) is 0 Å². The van der Waals surface area contributed by atoms with E-state index in [1.165, 1.54) is 0 Å². The summed E-state index contributed by atoms with van der Waals surface area (Å²) >= 11 is 0. The molecule has 8 nitrogen and oxygen atoms in total. The van der Waals surface area contributed by atoms with Gasteiger partial charge in [0.15, 0.2) is 12.2 Å². The van der Waals surface area contributed by atoms with Gasteiger partial charge in [-0.1, -0.05) is 54.6 Å². The maximum Gasteiger partial charge on any atom is 0.340 e. The number of hydrogen-bond donors (Lipinski definition) is 1. The fourth-order valence-electron chi connectivity index (χ4n) is 3.41. The largest absolute Gasteiger partial charge is 0.459 e. The molecule has 0 aliphatic carbocycles. The van der Waals surface area contributed by atoms with Gasteiger partial charge in [-0.2, -0.15) is 0 Å². The predicted octanol–water partition coefficient (Wildman–Crippen LogP) is 3.01. The Morgan fingerprint density at radius 1 is 0.676 bits per heavy atom. The van der Waals surface area contributed by atoms with E-state index in [4.69, 9.17) is 18.9 Å². The lowest BCUT2D eigenvalue weighted by atomic mass is 10.1. The van der Waals surface area contributed by atoms with Crippen LogP contribution < -0.4 is 0 Å². The van der Waals surface area contributed by atoms with Crippen molar-refractivity contribution in [2.24, 2.45) is 0 Å². The third-order valence-electron chi connectivity index (χ3n) is 5.16. The molecule has 0 amide bonds. The molecule has 1 aliphatic heterocycles. The van der Waals surface area contributed by atoms with E-state index >= 15 is 0 Å². The van der Waals surface area contributed by atoms with Crippen LogP contribution in [0.4, 0.5) is 0 Å². The van der Waals surface area contributed by atoms with Crippen molar-refractivity contribution in [1.82, 2.24) is 0 Å². The van der Waals surface area contributed by atoms with Crippen LogP contribution in [0.15, 0.2) is 91.0 Å². The van der Waals surface area contributed by atoms with E-state index in [0.29, 0.717) is 5.56 Å². The normalized spacial score (nSPS) is 21.4. The standard InChI is InChI=1S/C26H22O8/c27-21-22(33-24(29)18-12-6-2-7-13-18)20(16-31-23(28)17-10-4-1-5-11-17)32-26(21)34-25(30)19-14-8-3-9-15-19/h1-15,20-22,26-27H,16H2/t20?,21?,22?,26-/m1/s1. The number of carbonyl (C=O) groups is 3. The highest BCUT2D eigenvalue weighted by Gasteiger charge is 2.49. The Morgan fingerprint density at radius 3 is 1.62 bits per heavy atom. The summed E-state index contributed by atoms with van der Waals surface area (Å²) in [6.45, 7) is -0.336. The zero-order valence-electron chi connectivity index (χ0n) is 18.0. The second kappa shape index (κ2) is 10.7. The summed E-state index contributed by atoms with van der Waals surface area (Å²) in [5, 5.41) is 10.8. The lowest BCUT2D eigenvalue weighted by molar-refractivity contribution is -0.139. The molecule has 0 bridgehead atoms. The van der Waals surface area contributed by atoms with E-state index in [0.717, 1.165) is 0 Å². The summed E-state index contributed by atoms with van der Waals surface area (Å²) in [5.41, 5.74) is 0.848. The summed E-state index contributed by atoms with van der Waals surface area (Å²) < 4.78 is 21.8. The number of rotatable bonds is 7. The van der Waals surface area contributed by atoms with Gasteiger partial charge in [0.2, 0.25) is 6.29 Å². The maximum absolute atomic E-state index is 12.6. The Morgan fingerprint density at radius 2 is 1.12 bits per heavy atom. The molecule has 0 saturated carbocycles. The number of ether oxygens (including phenoxy) is 4. The maximum atomic E-state index is 12.6. The second-order valence-electron chi connectivity index (χ2n) is 7.51. The molecule has 0 aromatic heterocycles. The van der Waals surface area contributed by atoms with E-state index < -0.39 is 42.5 Å². The second-order valence-corrected chi connectivity index (χ2v) is 7.51. The van der Waals surface area contributed by atoms with E-state index in [1.54, 1.807) is 91.0 Å². The van der Waals surface area contributed by atoms with Crippen LogP contribution in [-0.2, 0) is 18.9 Å². The van der Waals surface area contributed by atoms with Gasteiger partial charge in [0.25, 0.3) is 0 Å². The minimum atomic E-state index is -1.50. The van der Waals surface area contributed by atoms with E-state index in [1.807, 2.05) is 0 Å². The van der Waals surface area contributed by atoms with Crippen molar-refractivity contribution in [3.05, 3.63) is 108 Å². The van der Waals surface area contributed by atoms with Crippen molar-refractivity contribution in [1.29, 1.82) is 0 Å². The smallest absolute Gasteiger partial charge is 0.340 e. The highest BCUT2D eigenvalue weighted by molar-refractivity contribution is 5.90. The van der Waals surface area contributed by atoms with Gasteiger partial charge in [-0.05, 0) is 36.4 Å². The minimum absolute atomic E-state index is 0.259. The third-order valence-corrected chi connectivity index (χ3v) is 5.16. The number of benzene rings is 3. The molecule has 1 saturated heterocycles. The lowest BCUT2D eigenvalue weighted by Gasteiger charge is -2.20. The number of esters is 3. The summed E-state index contributed by atoms with van der Waals surface area (Å²) in [4.78, 5) is 37.4.